The van der Waals surface area contributed by atoms with Crippen LogP contribution in [0.25, 0.3) is 0 Å². The summed E-state index contributed by atoms with van der Waals surface area (Å²) in [5, 5.41) is 9.66. The number of hydrogen-bond donors (Lipinski definition) is 2. The minimum Gasteiger partial charge on any atom is -0.319 e. The molecule has 2 heterocycles. The molecule has 2 N–H and O–H groups in total. The minimum absolute atomic E-state index is 0.0304. The second kappa shape index (κ2) is 7.50. The maximum atomic E-state index is 12.4. The Hall–Kier alpha value is -2.33. The van der Waals surface area contributed by atoms with E-state index in [4.69, 9.17) is 0 Å². The summed E-state index contributed by atoms with van der Waals surface area (Å²) in [4.78, 5) is 14.2. The van der Waals surface area contributed by atoms with E-state index in [2.05, 4.69) is 19.9 Å². The molecular formula is C16H19N5O3S2. The third kappa shape index (κ3) is 3.91. The molecule has 26 heavy (non-hydrogen) atoms. The summed E-state index contributed by atoms with van der Waals surface area (Å²) in [5.41, 5.74) is 1.43. The van der Waals surface area contributed by atoms with E-state index in [1.807, 2.05) is 18.7 Å². The van der Waals surface area contributed by atoms with Crippen LogP contribution in [0.5, 0.6) is 0 Å². The van der Waals surface area contributed by atoms with Gasteiger partial charge in [0.15, 0.2) is 11.0 Å². The molecule has 0 aliphatic carbocycles. The maximum Gasteiger partial charge on any atom is 0.286 e. The van der Waals surface area contributed by atoms with Crippen molar-refractivity contribution in [3.63, 3.8) is 0 Å². The number of anilines is 2. The van der Waals surface area contributed by atoms with Crippen LogP contribution in [0.2, 0.25) is 0 Å². The molecule has 0 unspecified atom stereocenters. The van der Waals surface area contributed by atoms with Crippen molar-refractivity contribution in [2.75, 3.05) is 22.5 Å². The number of sulfonamides is 1. The number of nitrogens with one attached hydrogen (secondary N) is 2. The molecule has 0 saturated heterocycles. The van der Waals surface area contributed by atoms with Crippen molar-refractivity contribution in [3.05, 3.63) is 36.0 Å². The zero-order valence-corrected chi connectivity index (χ0v) is 16.0. The molecule has 0 fully saturated rings. The molecule has 10 heteroatoms. The first-order valence-electron chi connectivity index (χ1n) is 8.07. The fourth-order valence-electron chi connectivity index (χ4n) is 2.54. The van der Waals surface area contributed by atoms with E-state index in [1.165, 1.54) is 0 Å². The lowest BCUT2D eigenvalue weighted by Crippen LogP contribution is -2.35. The normalized spacial score (nSPS) is 15.3. The third-order valence-corrected chi connectivity index (χ3v) is 6.02. The van der Waals surface area contributed by atoms with Gasteiger partial charge in [0, 0.05) is 18.3 Å². The molecule has 1 aliphatic heterocycles. The van der Waals surface area contributed by atoms with E-state index in [-0.39, 0.29) is 16.6 Å². The fraction of sp³-hybridized carbons (Fsp3) is 0.312. The number of aromatic amines is 1. The van der Waals surface area contributed by atoms with Crippen molar-refractivity contribution in [2.45, 2.75) is 25.2 Å². The van der Waals surface area contributed by atoms with Crippen molar-refractivity contribution in [1.82, 2.24) is 10.2 Å². The summed E-state index contributed by atoms with van der Waals surface area (Å²) in [7, 11) is -3.77. The number of carbonyl (C=O) groups is 1. The molecule has 0 spiro atoms. The summed E-state index contributed by atoms with van der Waals surface area (Å²) >= 11 is 1.09. The quantitative estimate of drug-likeness (QED) is 0.807. The van der Waals surface area contributed by atoms with Crippen molar-refractivity contribution >= 4 is 44.4 Å². The zero-order valence-electron chi connectivity index (χ0n) is 14.4. The van der Waals surface area contributed by atoms with Crippen LogP contribution in [-0.4, -0.2) is 42.0 Å². The van der Waals surface area contributed by atoms with Gasteiger partial charge in [-0.2, -0.15) is 13.5 Å². The molecule has 0 atom stereocenters. The van der Waals surface area contributed by atoms with Crippen LogP contribution in [0.3, 0.4) is 0 Å². The number of aryl methyl sites for hydroxylation is 1. The number of amides is 1. The molecule has 1 aromatic carbocycles. The number of nitrogens with zero attached hydrogens (tertiary/aromatic N) is 3. The molecule has 8 nitrogen and oxygen atoms in total. The Morgan fingerprint density at radius 3 is 2.81 bits per heavy atom. The van der Waals surface area contributed by atoms with Gasteiger partial charge in [0.1, 0.15) is 4.90 Å². The summed E-state index contributed by atoms with van der Waals surface area (Å²) in [6.07, 6.45) is 0.812. The lowest BCUT2D eigenvalue weighted by atomic mass is 10.3. The Morgan fingerprint density at radius 1 is 1.35 bits per heavy atom. The third-order valence-electron chi connectivity index (χ3n) is 3.62. The molecule has 1 amide bonds. The summed E-state index contributed by atoms with van der Waals surface area (Å²) in [6, 6.07) is 8.48. The SMILES string of the molecule is CCCN1C(SCC(=O)Nc2cc(C)[nH]n2)=NS(=O)(=O)c2ccccc21. The molecule has 0 bridgehead atoms. The number of fused-ring (bicyclic) bond motifs is 1. The Balaban J connectivity index is 1.77. The van der Waals surface area contributed by atoms with E-state index in [0.29, 0.717) is 23.2 Å². The van der Waals surface area contributed by atoms with Gasteiger partial charge in [-0.1, -0.05) is 30.8 Å². The van der Waals surface area contributed by atoms with Crippen molar-refractivity contribution in [3.8, 4) is 0 Å². The molecule has 2 aromatic rings. The van der Waals surface area contributed by atoms with Gasteiger partial charge >= 0.3 is 0 Å². The molecule has 0 radical (unpaired) electrons. The van der Waals surface area contributed by atoms with Crippen molar-refractivity contribution < 1.29 is 13.2 Å². The molecule has 0 saturated carbocycles. The predicted octanol–water partition coefficient (Wildman–Crippen LogP) is 2.36. The first kappa shape index (κ1) is 18.5. The second-order valence-corrected chi connectivity index (χ2v) is 8.26. The topological polar surface area (TPSA) is 108 Å². The molecule has 1 aliphatic rings. The average molecular weight is 393 g/mol. The van der Waals surface area contributed by atoms with Gasteiger partial charge < -0.3 is 10.2 Å². The molecule has 1 aromatic heterocycles. The minimum atomic E-state index is -3.77. The highest BCUT2D eigenvalue weighted by molar-refractivity contribution is 8.15. The van der Waals surface area contributed by atoms with E-state index in [1.54, 1.807) is 30.3 Å². The number of para-hydroxylation sites is 1. The van der Waals surface area contributed by atoms with Gasteiger partial charge in [-0.25, -0.2) is 0 Å². The standard InChI is InChI=1S/C16H19N5O3S2/c1-3-8-21-12-6-4-5-7-13(12)26(23,24)20-16(21)25-10-15(22)17-14-9-11(2)18-19-14/h4-7,9H,3,8,10H2,1-2H3,(H2,17,18,19,22). The predicted molar refractivity (Wildman–Crippen MR) is 103 cm³/mol. The Bertz CT molecular complexity index is 952. The first-order valence-corrected chi connectivity index (χ1v) is 10.5. The molecular weight excluding hydrogens is 374 g/mol. The lowest BCUT2D eigenvalue weighted by Gasteiger charge is -2.29. The zero-order chi connectivity index (χ0) is 18.7. The van der Waals surface area contributed by atoms with Crippen LogP contribution in [0.15, 0.2) is 39.6 Å². The van der Waals surface area contributed by atoms with Crippen LogP contribution >= 0.6 is 11.8 Å². The van der Waals surface area contributed by atoms with Gasteiger partial charge in [-0.05, 0) is 25.5 Å². The van der Waals surface area contributed by atoms with Crippen LogP contribution < -0.4 is 10.2 Å². The Kier molecular flexibility index (Phi) is 5.33. The Labute approximate surface area is 156 Å². The maximum absolute atomic E-state index is 12.4. The second-order valence-electron chi connectivity index (χ2n) is 5.74. The van der Waals surface area contributed by atoms with Gasteiger partial charge in [0.2, 0.25) is 5.91 Å². The largest absolute Gasteiger partial charge is 0.319 e. The summed E-state index contributed by atoms with van der Waals surface area (Å²) in [6.45, 7) is 4.44. The van der Waals surface area contributed by atoms with Gasteiger partial charge in [0.05, 0.1) is 11.4 Å². The highest BCUT2D eigenvalue weighted by Crippen LogP contribution is 2.34. The Morgan fingerprint density at radius 2 is 2.12 bits per heavy atom. The lowest BCUT2D eigenvalue weighted by molar-refractivity contribution is -0.113. The van der Waals surface area contributed by atoms with Crippen LogP contribution in [-0.2, 0) is 14.8 Å². The van der Waals surface area contributed by atoms with Crippen LogP contribution in [0, 0.1) is 6.92 Å². The number of rotatable bonds is 5. The number of aromatic nitrogens is 2. The van der Waals surface area contributed by atoms with E-state index in [9.17, 15) is 13.2 Å². The number of benzene rings is 1. The van der Waals surface area contributed by atoms with Crippen LogP contribution in [0.4, 0.5) is 11.5 Å². The van der Waals surface area contributed by atoms with Crippen molar-refractivity contribution in [1.29, 1.82) is 0 Å². The van der Waals surface area contributed by atoms with Gasteiger partial charge in [-0.15, -0.1) is 4.40 Å². The van der Waals surface area contributed by atoms with Gasteiger partial charge in [-0.3, -0.25) is 9.89 Å². The summed E-state index contributed by atoms with van der Waals surface area (Å²) in [5.74, 6) is 0.182. The van der Waals surface area contributed by atoms with Crippen molar-refractivity contribution in [2.24, 2.45) is 4.40 Å². The molecule has 3 rings (SSSR count). The summed E-state index contributed by atoms with van der Waals surface area (Å²) < 4.78 is 28.8. The number of H-pyrrole nitrogens is 1. The number of amidine groups is 1. The van der Waals surface area contributed by atoms with Gasteiger partial charge in [0.25, 0.3) is 10.0 Å². The molecule has 138 valence electrons. The van der Waals surface area contributed by atoms with E-state index < -0.39 is 10.0 Å². The first-order chi connectivity index (χ1) is 12.4. The fourth-order valence-corrected chi connectivity index (χ4v) is 4.82. The average Bonchev–Trinajstić information content (AvgIpc) is 3.01. The van der Waals surface area contributed by atoms with E-state index in [0.717, 1.165) is 23.9 Å². The van der Waals surface area contributed by atoms with E-state index >= 15 is 0 Å². The number of thioether (sulfide) groups is 1. The monoisotopic (exact) mass is 393 g/mol. The smallest absolute Gasteiger partial charge is 0.286 e. The number of carbonyl (C=O) groups excluding carboxylic acids is 1. The number of hydrogen-bond acceptors (Lipinski definition) is 6. The van der Waals surface area contributed by atoms with Crippen LogP contribution in [0.1, 0.15) is 19.0 Å². The highest BCUT2D eigenvalue weighted by atomic mass is 32.2. The highest BCUT2D eigenvalue weighted by Gasteiger charge is 2.30.